The fourth-order valence-corrected chi connectivity index (χ4v) is 3.71. The molecule has 4 rings (SSSR count). The van der Waals surface area contributed by atoms with E-state index in [0.717, 1.165) is 47.8 Å². The van der Waals surface area contributed by atoms with Crippen LogP contribution in [0.2, 0.25) is 0 Å². The van der Waals surface area contributed by atoms with Crippen molar-refractivity contribution in [3.8, 4) is 17.0 Å². The predicted octanol–water partition coefficient (Wildman–Crippen LogP) is 3.50. The molecule has 0 saturated carbocycles. The molecule has 0 spiro atoms. The Hall–Kier alpha value is -3.28. The molecule has 3 heterocycles. The molecule has 1 atom stereocenters. The number of rotatable bonds is 5. The molecule has 0 radical (unpaired) electrons. The molecule has 0 bridgehead atoms. The highest BCUT2D eigenvalue weighted by Crippen LogP contribution is 2.28. The Balaban J connectivity index is 1.49. The average Bonchev–Trinajstić information content (AvgIpc) is 2.80. The van der Waals surface area contributed by atoms with Gasteiger partial charge in [0.05, 0.1) is 31.1 Å². The van der Waals surface area contributed by atoms with E-state index in [1.54, 1.807) is 19.5 Å². The minimum absolute atomic E-state index is 0.116. The van der Waals surface area contributed by atoms with Gasteiger partial charge in [0, 0.05) is 42.7 Å². The molecule has 6 nitrogen and oxygen atoms in total. The van der Waals surface area contributed by atoms with E-state index in [0.29, 0.717) is 13.0 Å². The number of ether oxygens (including phenoxy) is 1. The number of amides is 1. The lowest BCUT2D eigenvalue weighted by Gasteiger charge is -2.32. The fraction of sp³-hybridized carbons (Fsp3) is 0.304. The number of likely N-dealkylation sites (tertiary alicyclic amines) is 1. The maximum atomic E-state index is 12.7. The molecule has 1 aliphatic heterocycles. The van der Waals surface area contributed by atoms with Gasteiger partial charge in [-0.1, -0.05) is 18.2 Å². The van der Waals surface area contributed by atoms with Crippen LogP contribution in [0.15, 0.2) is 61.1 Å². The Morgan fingerprint density at radius 2 is 2.14 bits per heavy atom. The van der Waals surface area contributed by atoms with E-state index in [2.05, 4.69) is 9.97 Å². The highest BCUT2D eigenvalue weighted by Gasteiger charge is 2.26. The Labute approximate surface area is 170 Å². The summed E-state index contributed by atoms with van der Waals surface area (Å²) in [6, 6.07) is 13.5. The molecule has 29 heavy (non-hydrogen) atoms. The van der Waals surface area contributed by atoms with Crippen molar-refractivity contribution in [3.63, 3.8) is 0 Å². The summed E-state index contributed by atoms with van der Waals surface area (Å²) in [4.78, 5) is 28.2. The second kappa shape index (κ2) is 8.82. The number of nitrogens with zero attached hydrogens (tertiary/aromatic N) is 4. The van der Waals surface area contributed by atoms with E-state index in [1.165, 1.54) is 0 Å². The molecular formula is C23H24N4O2. The summed E-state index contributed by atoms with van der Waals surface area (Å²) in [6.07, 6.45) is 7.61. The van der Waals surface area contributed by atoms with Crippen molar-refractivity contribution in [2.75, 3.05) is 20.2 Å². The van der Waals surface area contributed by atoms with E-state index in [9.17, 15) is 4.79 Å². The number of hydrogen-bond acceptors (Lipinski definition) is 5. The summed E-state index contributed by atoms with van der Waals surface area (Å²) in [5.41, 5.74) is 3.52. The highest BCUT2D eigenvalue weighted by atomic mass is 16.5. The van der Waals surface area contributed by atoms with Gasteiger partial charge in [-0.2, -0.15) is 0 Å². The van der Waals surface area contributed by atoms with Crippen LogP contribution in [-0.4, -0.2) is 46.0 Å². The Kier molecular flexibility index (Phi) is 5.79. The second-order valence-electron chi connectivity index (χ2n) is 7.24. The van der Waals surface area contributed by atoms with E-state index in [4.69, 9.17) is 9.72 Å². The van der Waals surface area contributed by atoms with Crippen LogP contribution in [0, 0.1) is 0 Å². The topological polar surface area (TPSA) is 68.2 Å². The van der Waals surface area contributed by atoms with Crippen LogP contribution >= 0.6 is 0 Å². The molecule has 3 aromatic rings. The molecule has 0 aliphatic carbocycles. The van der Waals surface area contributed by atoms with Gasteiger partial charge in [0.2, 0.25) is 5.91 Å². The first-order valence-electron chi connectivity index (χ1n) is 9.87. The molecule has 0 N–H and O–H groups in total. The van der Waals surface area contributed by atoms with Gasteiger partial charge in [0.1, 0.15) is 5.75 Å². The number of pyridine rings is 1. The molecule has 1 aromatic carbocycles. The van der Waals surface area contributed by atoms with Crippen molar-refractivity contribution >= 4 is 5.91 Å². The second-order valence-corrected chi connectivity index (χ2v) is 7.24. The third-order valence-corrected chi connectivity index (χ3v) is 5.27. The normalized spacial score (nSPS) is 16.4. The van der Waals surface area contributed by atoms with Gasteiger partial charge >= 0.3 is 0 Å². The summed E-state index contributed by atoms with van der Waals surface area (Å²) < 4.78 is 5.31. The zero-order valence-corrected chi connectivity index (χ0v) is 16.5. The number of piperidine rings is 1. The van der Waals surface area contributed by atoms with Gasteiger partial charge in [-0.15, -0.1) is 0 Å². The molecular weight excluding hydrogens is 364 g/mol. The van der Waals surface area contributed by atoms with Crippen LogP contribution in [0.3, 0.4) is 0 Å². The Bertz CT molecular complexity index is 977. The molecule has 6 heteroatoms. The van der Waals surface area contributed by atoms with Crippen LogP contribution in [0.4, 0.5) is 0 Å². The molecule has 148 valence electrons. The summed E-state index contributed by atoms with van der Waals surface area (Å²) >= 11 is 0. The molecule has 0 unspecified atom stereocenters. The van der Waals surface area contributed by atoms with Crippen molar-refractivity contribution in [3.05, 3.63) is 72.4 Å². The van der Waals surface area contributed by atoms with Crippen LogP contribution in [0.25, 0.3) is 11.3 Å². The van der Waals surface area contributed by atoms with Crippen molar-refractivity contribution in [1.82, 2.24) is 19.9 Å². The lowest BCUT2D eigenvalue weighted by molar-refractivity contribution is -0.131. The van der Waals surface area contributed by atoms with E-state index >= 15 is 0 Å². The number of carbonyl (C=O) groups excluding carboxylic acids is 1. The zero-order valence-electron chi connectivity index (χ0n) is 16.5. The summed E-state index contributed by atoms with van der Waals surface area (Å²) in [7, 11) is 1.65. The lowest BCUT2D eigenvalue weighted by atomic mass is 9.94. The number of aromatic nitrogens is 3. The van der Waals surface area contributed by atoms with E-state index < -0.39 is 0 Å². The average molecular weight is 388 g/mol. The summed E-state index contributed by atoms with van der Waals surface area (Å²) in [6.45, 7) is 1.45. The van der Waals surface area contributed by atoms with Crippen LogP contribution in [-0.2, 0) is 11.2 Å². The molecule has 1 fully saturated rings. The van der Waals surface area contributed by atoms with Crippen molar-refractivity contribution in [2.45, 2.75) is 25.2 Å². The lowest BCUT2D eigenvalue weighted by Crippen LogP contribution is -2.40. The smallest absolute Gasteiger partial charge is 0.228 e. The molecule has 1 aliphatic rings. The standard InChI is InChI=1S/C23H24N4O2/c1-29-20-9-4-6-17(12-20)21-14-24-15-22(26-21)18-7-5-11-27(16-18)23(28)13-19-8-2-3-10-25-19/h2-4,6,8-10,12,14-15,18H,5,7,11,13,16H2,1H3/t18-/m1/s1. The van der Waals surface area contributed by atoms with E-state index in [-0.39, 0.29) is 11.8 Å². The van der Waals surface area contributed by atoms with Gasteiger partial charge < -0.3 is 9.64 Å². The number of carbonyl (C=O) groups is 1. The minimum Gasteiger partial charge on any atom is -0.497 e. The first-order valence-corrected chi connectivity index (χ1v) is 9.87. The minimum atomic E-state index is 0.116. The van der Waals surface area contributed by atoms with Crippen LogP contribution in [0.5, 0.6) is 5.75 Å². The SMILES string of the molecule is COc1cccc(-c2cncc([C@@H]3CCCN(C(=O)Cc4ccccn4)C3)n2)c1. The van der Waals surface area contributed by atoms with Crippen molar-refractivity contribution < 1.29 is 9.53 Å². The van der Waals surface area contributed by atoms with Gasteiger partial charge in [-0.3, -0.25) is 14.8 Å². The predicted molar refractivity (Wildman–Crippen MR) is 111 cm³/mol. The largest absolute Gasteiger partial charge is 0.497 e. The monoisotopic (exact) mass is 388 g/mol. The van der Waals surface area contributed by atoms with Crippen LogP contribution < -0.4 is 4.74 Å². The maximum Gasteiger partial charge on any atom is 0.228 e. The van der Waals surface area contributed by atoms with Crippen molar-refractivity contribution in [1.29, 1.82) is 0 Å². The first-order chi connectivity index (χ1) is 14.2. The number of hydrogen-bond donors (Lipinski definition) is 0. The number of benzene rings is 1. The zero-order chi connectivity index (χ0) is 20.1. The van der Waals surface area contributed by atoms with E-state index in [1.807, 2.05) is 53.6 Å². The molecule has 1 amide bonds. The Morgan fingerprint density at radius 3 is 2.97 bits per heavy atom. The molecule has 2 aromatic heterocycles. The van der Waals surface area contributed by atoms with Gasteiger partial charge in [-0.25, -0.2) is 4.98 Å². The van der Waals surface area contributed by atoms with Gasteiger partial charge in [-0.05, 0) is 37.1 Å². The maximum absolute atomic E-state index is 12.7. The fourth-order valence-electron chi connectivity index (χ4n) is 3.71. The van der Waals surface area contributed by atoms with Crippen LogP contribution in [0.1, 0.15) is 30.1 Å². The highest BCUT2D eigenvalue weighted by molar-refractivity contribution is 5.78. The van der Waals surface area contributed by atoms with Crippen molar-refractivity contribution in [2.24, 2.45) is 0 Å². The summed E-state index contributed by atoms with van der Waals surface area (Å²) in [5.74, 6) is 1.10. The first kappa shape index (κ1) is 19.1. The summed E-state index contributed by atoms with van der Waals surface area (Å²) in [5, 5.41) is 0. The third-order valence-electron chi connectivity index (χ3n) is 5.27. The third kappa shape index (κ3) is 4.59. The van der Waals surface area contributed by atoms with Gasteiger partial charge in [0.15, 0.2) is 0 Å². The van der Waals surface area contributed by atoms with Gasteiger partial charge in [0.25, 0.3) is 0 Å². The quantitative estimate of drug-likeness (QED) is 0.669. The number of methoxy groups -OCH3 is 1. The molecule has 1 saturated heterocycles. The Morgan fingerprint density at radius 1 is 1.21 bits per heavy atom.